The lowest BCUT2D eigenvalue weighted by Crippen LogP contribution is -2.12. The van der Waals surface area contributed by atoms with E-state index in [-0.39, 0.29) is 11.3 Å². The van der Waals surface area contributed by atoms with Crippen molar-refractivity contribution in [3.8, 4) is 5.75 Å². The molecule has 0 aliphatic heterocycles. The highest BCUT2D eigenvalue weighted by Gasteiger charge is 2.10. The van der Waals surface area contributed by atoms with Gasteiger partial charge in [-0.1, -0.05) is 15.9 Å². The Bertz CT molecular complexity index is 626. The van der Waals surface area contributed by atoms with Crippen molar-refractivity contribution in [2.24, 2.45) is 0 Å². The number of benzene rings is 2. The van der Waals surface area contributed by atoms with E-state index in [0.29, 0.717) is 4.47 Å². The van der Waals surface area contributed by atoms with Crippen molar-refractivity contribution in [2.75, 3.05) is 5.32 Å². The minimum absolute atomic E-state index is 0.0976. The van der Waals surface area contributed by atoms with Gasteiger partial charge in [-0.05, 0) is 30.3 Å². The molecule has 0 heterocycles. The predicted molar refractivity (Wildman–Crippen MR) is 70.1 cm³/mol. The zero-order valence-corrected chi connectivity index (χ0v) is 11.0. The second-order valence-electron chi connectivity index (χ2n) is 3.78. The molecular formula is C13H8BrF2NO2. The molecule has 1 amide bonds. The van der Waals surface area contributed by atoms with Crippen molar-refractivity contribution in [1.82, 2.24) is 0 Å². The molecule has 0 spiro atoms. The average molecular weight is 328 g/mol. The fraction of sp³-hybridized carbons (Fsp3) is 0. The van der Waals surface area contributed by atoms with Crippen molar-refractivity contribution >= 4 is 27.5 Å². The summed E-state index contributed by atoms with van der Waals surface area (Å²) in [5.41, 5.74) is 0.265. The third-order valence-corrected chi connectivity index (χ3v) is 2.79. The molecule has 0 aromatic heterocycles. The Morgan fingerprint density at radius 2 is 1.89 bits per heavy atom. The van der Waals surface area contributed by atoms with Gasteiger partial charge in [-0.3, -0.25) is 4.79 Å². The van der Waals surface area contributed by atoms with E-state index >= 15 is 0 Å². The number of carbonyl (C=O) groups excluding carboxylic acids is 1. The van der Waals surface area contributed by atoms with Gasteiger partial charge in [0.15, 0.2) is 11.6 Å². The van der Waals surface area contributed by atoms with Crippen LogP contribution in [-0.4, -0.2) is 11.0 Å². The highest BCUT2D eigenvalue weighted by atomic mass is 79.9. The largest absolute Gasteiger partial charge is 0.505 e. The molecule has 2 aromatic carbocycles. The first-order chi connectivity index (χ1) is 8.95. The lowest BCUT2D eigenvalue weighted by atomic mass is 10.2. The number of rotatable bonds is 2. The molecule has 2 N–H and O–H groups in total. The lowest BCUT2D eigenvalue weighted by Gasteiger charge is -2.06. The molecule has 98 valence electrons. The Hall–Kier alpha value is -1.95. The summed E-state index contributed by atoms with van der Waals surface area (Å²) in [5, 5.41) is 11.4. The number of amides is 1. The predicted octanol–water partition coefficient (Wildman–Crippen LogP) is 3.69. The van der Waals surface area contributed by atoms with E-state index in [0.717, 1.165) is 18.2 Å². The number of phenols is 1. The normalized spacial score (nSPS) is 10.3. The number of nitrogens with one attached hydrogen (secondary N) is 1. The fourth-order valence-corrected chi connectivity index (χ4v) is 1.94. The van der Waals surface area contributed by atoms with Crippen molar-refractivity contribution in [1.29, 1.82) is 0 Å². The topological polar surface area (TPSA) is 49.3 Å². The number of carbonyl (C=O) groups is 1. The number of halogens is 3. The molecule has 0 radical (unpaired) electrons. The molecule has 2 rings (SSSR count). The summed E-state index contributed by atoms with van der Waals surface area (Å²) in [6, 6.07) is 7.15. The van der Waals surface area contributed by atoms with Crippen LogP contribution in [0, 0.1) is 11.6 Å². The van der Waals surface area contributed by atoms with E-state index in [1.807, 2.05) is 0 Å². The molecule has 0 unspecified atom stereocenters. The van der Waals surface area contributed by atoms with Gasteiger partial charge >= 0.3 is 0 Å². The van der Waals surface area contributed by atoms with Gasteiger partial charge in [0.2, 0.25) is 0 Å². The summed E-state index contributed by atoms with van der Waals surface area (Å²) >= 11 is 3.07. The molecule has 0 saturated heterocycles. The number of anilines is 1. The van der Waals surface area contributed by atoms with E-state index in [1.54, 1.807) is 0 Å². The number of aromatic hydroxyl groups is 1. The maximum absolute atomic E-state index is 13.1. The molecule has 6 heteroatoms. The Kier molecular flexibility index (Phi) is 3.80. The van der Waals surface area contributed by atoms with E-state index in [4.69, 9.17) is 5.11 Å². The maximum Gasteiger partial charge on any atom is 0.255 e. The van der Waals surface area contributed by atoms with E-state index < -0.39 is 23.3 Å². The van der Waals surface area contributed by atoms with Gasteiger partial charge < -0.3 is 10.4 Å². The molecule has 0 aliphatic carbocycles. The quantitative estimate of drug-likeness (QED) is 0.826. The van der Waals surface area contributed by atoms with Crippen molar-refractivity contribution < 1.29 is 18.7 Å². The molecule has 3 nitrogen and oxygen atoms in total. The summed E-state index contributed by atoms with van der Waals surface area (Å²) in [5.74, 6) is -2.49. The van der Waals surface area contributed by atoms with Crippen LogP contribution in [-0.2, 0) is 0 Å². The van der Waals surface area contributed by atoms with Crippen molar-refractivity contribution in [3.63, 3.8) is 0 Å². The molecular weight excluding hydrogens is 320 g/mol. The highest BCUT2D eigenvalue weighted by Crippen LogP contribution is 2.21. The van der Waals surface area contributed by atoms with E-state index in [1.165, 1.54) is 18.2 Å². The van der Waals surface area contributed by atoms with Crippen LogP contribution in [0.15, 0.2) is 40.9 Å². The first-order valence-electron chi connectivity index (χ1n) is 5.21. The monoisotopic (exact) mass is 327 g/mol. The Morgan fingerprint density at radius 3 is 2.53 bits per heavy atom. The van der Waals surface area contributed by atoms with E-state index in [2.05, 4.69) is 21.2 Å². The molecule has 19 heavy (non-hydrogen) atoms. The zero-order chi connectivity index (χ0) is 14.0. The third kappa shape index (κ3) is 3.29. The van der Waals surface area contributed by atoms with Crippen LogP contribution in [0.1, 0.15) is 10.4 Å². The lowest BCUT2D eigenvalue weighted by molar-refractivity contribution is 0.102. The zero-order valence-electron chi connectivity index (χ0n) is 9.45. The molecule has 0 aliphatic rings. The number of hydrogen-bond acceptors (Lipinski definition) is 2. The first kappa shape index (κ1) is 13.5. The van der Waals surface area contributed by atoms with Gasteiger partial charge in [-0.15, -0.1) is 0 Å². The Labute approximate surface area is 116 Å². The van der Waals surface area contributed by atoms with Gasteiger partial charge in [0.05, 0.1) is 0 Å². The number of phenolic OH excluding ortho intramolecular Hbond substituents is 1. The molecule has 0 saturated carbocycles. The first-order valence-corrected chi connectivity index (χ1v) is 6.01. The van der Waals surface area contributed by atoms with Crippen LogP contribution >= 0.6 is 15.9 Å². The van der Waals surface area contributed by atoms with Crippen LogP contribution in [0.4, 0.5) is 14.5 Å². The smallest absolute Gasteiger partial charge is 0.255 e. The van der Waals surface area contributed by atoms with Crippen LogP contribution in [0.2, 0.25) is 0 Å². The minimum Gasteiger partial charge on any atom is -0.505 e. The molecule has 0 atom stereocenters. The third-order valence-electron chi connectivity index (χ3n) is 2.33. The molecule has 0 fully saturated rings. The second kappa shape index (κ2) is 5.36. The average Bonchev–Trinajstić information content (AvgIpc) is 2.32. The van der Waals surface area contributed by atoms with Crippen LogP contribution in [0.3, 0.4) is 0 Å². The summed E-state index contributed by atoms with van der Waals surface area (Å²) in [4.78, 5) is 11.8. The SMILES string of the molecule is O=C(Nc1ccc(O)c(F)c1)c1cc(F)cc(Br)c1. The van der Waals surface area contributed by atoms with Crippen molar-refractivity contribution in [2.45, 2.75) is 0 Å². The summed E-state index contributed by atoms with van der Waals surface area (Å²) in [6.07, 6.45) is 0. The van der Waals surface area contributed by atoms with Crippen LogP contribution < -0.4 is 5.32 Å². The molecule has 2 aromatic rings. The highest BCUT2D eigenvalue weighted by molar-refractivity contribution is 9.10. The Balaban J connectivity index is 2.22. The summed E-state index contributed by atoms with van der Waals surface area (Å²) in [6.45, 7) is 0. The van der Waals surface area contributed by atoms with Crippen molar-refractivity contribution in [3.05, 3.63) is 58.1 Å². The second-order valence-corrected chi connectivity index (χ2v) is 4.69. The standard InChI is InChI=1S/C13H8BrF2NO2/c14-8-3-7(4-9(15)5-8)13(19)17-10-1-2-12(18)11(16)6-10/h1-6,18H,(H,17,19). The minimum atomic E-state index is -0.849. The van der Waals surface area contributed by atoms with Gasteiger partial charge in [-0.2, -0.15) is 0 Å². The Morgan fingerprint density at radius 1 is 1.16 bits per heavy atom. The van der Waals surface area contributed by atoms with Gasteiger partial charge in [0, 0.05) is 21.8 Å². The van der Waals surface area contributed by atoms with Gasteiger partial charge in [0.25, 0.3) is 5.91 Å². The van der Waals surface area contributed by atoms with E-state index in [9.17, 15) is 13.6 Å². The maximum atomic E-state index is 13.1. The van der Waals surface area contributed by atoms with Crippen LogP contribution in [0.25, 0.3) is 0 Å². The number of hydrogen-bond donors (Lipinski definition) is 2. The summed E-state index contributed by atoms with van der Waals surface area (Å²) < 4.78 is 26.7. The molecule has 0 bridgehead atoms. The summed E-state index contributed by atoms with van der Waals surface area (Å²) in [7, 11) is 0. The van der Waals surface area contributed by atoms with Gasteiger partial charge in [-0.25, -0.2) is 8.78 Å². The fourth-order valence-electron chi connectivity index (χ4n) is 1.47. The van der Waals surface area contributed by atoms with Gasteiger partial charge in [0.1, 0.15) is 5.82 Å². The van der Waals surface area contributed by atoms with Crippen LogP contribution in [0.5, 0.6) is 5.75 Å².